The molecular formula is C57H56O9. The van der Waals surface area contributed by atoms with E-state index < -0.39 is 42.5 Å². The van der Waals surface area contributed by atoms with E-state index in [0.717, 1.165) is 38.9 Å². The van der Waals surface area contributed by atoms with Crippen LogP contribution in [0.3, 0.4) is 0 Å². The van der Waals surface area contributed by atoms with Crippen LogP contribution in [0.5, 0.6) is 0 Å². The van der Waals surface area contributed by atoms with E-state index in [4.69, 9.17) is 33.2 Å². The van der Waals surface area contributed by atoms with Crippen molar-refractivity contribution >= 4 is 11.9 Å². The quantitative estimate of drug-likeness (QED) is 0.0693. The van der Waals surface area contributed by atoms with Crippen molar-refractivity contribution in [1.82, 2.24) is 0 Å². The Morgan fingerprint density at radius 1 is 0.455 bits per heavy atom. The van der Waals surface area contributed by atoms with Gasteiger partial charge in [-0.2, -0.15) is 0 Å². The molecule has 0 amide bonds. The first-order chi connectivity index (χ1) is 32.5. The number of hydrogen-bond donors (Lipinski definition) is 0. The summed E-state index contributed by atoms with van der Waals surface area (Å²) in [5.41, 5.74) is 8.96. The Hall–Kier alpha value is -6.46. The minimum absolute atomic E-state index is 0.215. The second-order valence-corrected chi connectivity index (χ2v) is 16.3. The molecule has 66 heavy (non-hydrogen) atoms. The molecule has 2 aliphatic carbocycles. The van der Waals surface area contributed by atoms with Crippen molar-refractivity contribution in [2.24, 2.45) is 0 Å². The molecule has 5 aromatic carbocycles. The zero-order valence-electron chi connectivity index (χ0n) is 37.5. The smallest absolute Gasteiger partial charge is 0.338 e. The van der Waals surface area contributed by atoms with E-state index in [1.165, 1.54) is 0 Å². The molecule has 0 unspecified atom stereocenters. The van der Waals surface area contributed by atoms with Gasteiger partial charge in [-0.25, -0.2) is 9.59 Å². The molecule has 1 saturated heterocycles. The van der Waals surface area contributed by atoms with Crippen LogP contribution >= 0.6 is 0 Å². The summed E-state index contributed by atoms with van der Waals surface area (Å²) in [5.74, 6) is -0.977. The van der Waals surface area contributed by atoms with Gasteiger partial charge in [0.25, 0.3) is 0 Å². The van der Waals surface area contributed by atoms with Gasteiger partial charge >= 0.3 is 11.9 Å². The average molecular weight is 885 g/mol. The second kappa shape index (κ2) is 23.1. The Morgan fingerprint density at radius 3 is 1.41 bits per heavy atom. The van der Waals surface area contributed by atoms with E-state index >= 15 is 0 Å². The van der Waals surface area contributed by atoms with Crippen LogP contribution in [-0.2, 0) is 66.0 Å². The fourth-order valence-electron chi connectivity index (χ4n) is 8.43. The van der Waals surface area contributed by atoms with Gasteiger partial charge in [0.1, 0.15) is 30.5 Å². The maximum absolute atomic E-state index is 13.1. The molecule has 9 heteroatoms. The molecule has 5 atom stereocenters. The highest BCUT2D eigenvalue weighted by atomic mass is 16.6. The van der Waals surface area contributed by atoms with Crippen molar-refractivity contribution in [2.75, 3.05) is 19.8 Å². The zero-order valence-corrected chi connectivity index (χ0v) is 37.5. The van der Waals surface area contributed by atoms with E-state index in [0.29, 0.717) is 55.1 Å². The Kier molecular flexibility index (Phi) is 16.2. The van der Waals surface area contributed by atoms with Gasteiger partial charge in [-0.15, -0.1) is 0 Å². The molecule has 0 saturated carbocycles. The molecule has 5 aromatic rings. The van der Waals surface area contributed by atoms with E-state index in [-0.39, 0.29) is 19.8 Å². The van der Waals surface area contributed by atoms with Gasteiger partial charge in [-0.1, -0.05) is 170 Å². The molecule has 0 bridgehead atoms. The number of carbonyl (C=O) groups excluding carboxylic acids is 2. The first-order valence-corrected chi connectivity index (χ1v) is 22.7. The Balaban J connectivity index is 1.15. The Labute approximate surface area is 387 Å². The fourth-order valence-corrected chi connectivity index (χ4v) is 8.43. The largest absolute Gasteiger partial charge is 0.462 e. The molecule has 338 valence electrons. The van der Waals surface area contributed by atoms with Gasteiger partial charge in [-0.05, 0) is 76.4 Å². The lowest BCUT2D eigenvalue weighted by Crippen LogP contribution is -2.58. The predicted octanol–water partition coefficient (Wildman–Crippen LogP) is 11.1. The number of ether oxygens (including phenoxy) is 7. The number of fused-ring (bicyclic) bond motifs is 1. The van der Waals surface area contributed by atoms with E-state index in [1.54, 1.807) is 19.9 Å². The third-order valence-corrected chi connectivity index (χ3v) is 11.6. The van der Waals surface area contributed by atoms with Crippen LogP contribution in [0.25, 0.3) is 11.1 Å². The summed E-state index contributed by atoms with van der Waals surface area (Å²) in [6.07, 6.45) is -2.31. The standard InChI is InChI=1S/C57H56O9/c1-3-61-56(58)49-34-50(57(59)62-4-2)48-31-29-40(28-30-47(48)49)32-45-26-17-27-46(33-45)52-54(64-37-43-22-13-7-14-23-43)55(65-38-44-24-15-8-16-25-44)53(63-36-42-20-11-6-12-21-42)51(66-52)39-60-35-41-18-9-5-10-19-41/h5-31,33-34,51-55H,3-4,32,35-39H2,1-2H3/t51-,52+,53-,54+,55+/m1/s1. The van der Waals surface area contributed by atoms with Crippen LogP contribution in [0.15, 0.2) is 176 Å². The van der Waals surface area contributed by atoms with Gasteiger partial charge in [0.05, 0.1) is 57.4 Å². The van der Waals surface area contributed by atoms with Crippen LogP contribution < -0.4 is 0 Å². The lowest BCUT2D eigenvalue weighted by atomic mass is 9.89. The maximum atomic E-state index is 13.1. The van der Waals surface area contributed by atoms with Crippen molar-refractivity contribution in [2.45, 2.75) is 77.2 Å². The molecule has 3 aliphatic rings. The van der Waals surface area contributed by atoms with Crippen LogP contribution in [0.2, 0.25) is 0 Å². The molecule has 1 heterocycles. The molecule has 9 nitrogen and oxygen atoms in total. The normalized spacial score (nSPS) is 18.2. The lowest BCUT2D eigenvalue weighted by Gasteiger charge is -2.46. The summed E-state index contributed by atoms with van der Waals surface area (Å²) in [6.45, 7) is 5.61. The topological polar surface area (TPSA) is 98.8 Å². The summed E-state index contributed by atoms with van der Waals surface area (Å²) in [5, 5.41) is 0. The highest BCUT2D eigenvalue weighted by molar-refractivity contribution is 6.08. The minimum Gasteiger partial charge on any atom is -0.462 e. The third kappa shape index (κ3) is 11.9. The Bertz CT molecular complexity index is 2510. The van der Waals surface area contributed by atoms with Crippen LogP contribution in [0, 0.1) is 0 Å². The fraction of sp³-hybridized carbons (Fsp3) is 0.263. The number of esters is 2. The van der Waals surface area contributed by atoms with Crippen molar-refractivity contribution in [3.8, 4) is 11.1 Å². The lowest BCUT2D eigenvalue weighted by molar-refractivity contribution is -0.275. The predicted molar refractivity (Wildman–Crippen MR) is 253 cm³/mol. The van der Waals surface area contributed by atoms with E-state index in [9.17, 15) is 9.59 Å². The Morgan fingerprint density at radius 2 is 0.909 bits per heavy atom. The van der Waals surface area contributed by atoms with Crippen LogP contribution in [0.1, 0.15) is 79.6 Å². The summed E-state index contributed by atoms with van der Waals surface area (Å²) in [7, 11) is 0. The molecular weight excluding hydrogens is 829 g/mol. The minimum atomic E-state index is -0.599. The second-order valence-electron chi connectivity index (χ2n) is 16.3. The SMILES string of the molecule is CCOC(=O)c1cc(C(=O)OCC)c2ccc(Cc3cccc([C@@H]4O[C@H](COCc5ccccc5)[C@@H](OCc5ccccc5)[C@H](OCc5ccccc5)[C@H]4OCc4ccccc4)c3)ccc1-2. The van der Waals surface area contributed by atoms with Gasteiger partial charge in [-0.3, -0.25) is 0 Å². The highest BCUT2D eigenvalue weighted by Crippen LogP contribution is 2.40. The van der Waals surface area contributed by atoms with Crippen LogP contribution in [0.4, 0.5) is 0 Å². The van der Waals surface area contributed by atoms with E-state index in [1.807, 2.05) is 115 Å². The van der Waals surface area contributed by atoms with Gasteiger partial charge in [0.2, 0.25) is 0 Å². The van der Waals surface area contributed by atoms with Crippen molar-refractivity contribution in [1.29, 1.82) is 0 Å². The van der Waals surface area contributed by atoms with Crippen LogP contribution in [-0.4, -0.2) is 56.2 Å². The van der Waals surface area contributed by atoms with Gasteiger partial charge in [0.15, 0.2) is 0 Å². The zero-order chi connectivity index (χ0) is 45.5. The first-order valence-electron chi connectivity index (χ1n) is 22.7. The molecule has 0 spiro atoms. The number of carbonyl (C=O) groups is 2. The number of hydrogen-bond acceptors (Lipinski definition) is 9. The van der Waals surface area contributed by atoms with Crippen molar-refractivity contribution in [3.05, 3.63) is 226 Å². The monoisotopic (exact) mass is 884 g/mol. The third-order valence-electron chi connectivity index (χ3n) is 11.6. The first kappa shape index (κ1) is 46.1. The molecule has 1 aliphatic heterocycles. The summed E-state index contributed by atoms with van der Waals surface area (Å²) in [6, 6.07) is 58.1. The van der Waals surface area contributed by atoms with Crippen molar-refractivity contribution in [3.63, 3.8) is 0 Å². The summed E-state index contributed by atoms with van der Waals surface area (Å²) < 4.78 is 45.3. The maximum Gasteiger partial charge on any atom is 0.338 e. The molecule has 1 fully saturated rings. The highest BCUT2D eigenvalue weighted by Gasteiger charge is 2.49. The van der Waals surface area contributed by atoms with Gasteiger partial charge < -0.3 is 33.2 Å². The van der Waals surface area contributed by atoms with E-state index in [2.05, 4.69) is 54.6 Å². The van der Waals surface area contributed by atoms with Gasteiger partial charge in [0, 0.05) is 0 Å². The molecule has 8 rings (SSSR count). The summed E-state index contributed by atoms with van der Waals surface area (Å²) in [4.78, 5) is 26.1. The molecule has 0 radical (unpaired) electrons. The molecule has 0 N–H and O–H groups in total. The molecule has 0 aromatic heterocycles. The van der Waals surface area contributed by atoms with Crippen molar-refractivity contribution < 1.29 is 42.7 Å². The average Bonchev–Trinajstić information content (AvgIpc) is 3.61. The summed E-state index contributed by atoms with van der Waals surface area (Å²) >= 11 is 0. The number of benzene rings is 5. The number of rotatable bonds is 20.